The maximum atomic E-state index is 11.9. The molecule has 0 aromatic carbocycles. The molecular formula is C19H30O. The Morgan fingerprint density at radius 2 is 1.45 bits per heavy atom. The summed E-state index contributed by atoms with van der Waals surface area (Å²) in [5.74, 6) is 0.919. The number of carbonyl (C=O) groups excluding carboxylic acids is 1. The highest BCUT2D eigenvalue weighted by atomic mass is 16.1. The van der Waals surface area contributed by atoms with E-state index < -0.39 is 0 Å². The minimum Gasteiger partial charge on any atom is -0.299 e. The molecule has 0 saturated heterocycles. The third kappa shape index (κ3) is 6.88. The molecule has 0 N–H and O–H groups in total. The summed E-state index contributed by atoms with van der Waals surface area (Å²) in [7, 11) is 0. The molecule has 1 rings (SSSR count). The van der Waals surface area contributed by atoms with Crippen LogP contribution in [0.5, 0.6) is 0 Å². The Balaban J connectivity index is 2.78. The Kier molecular flexibility index (Phi) is 7.58. The molecule has 0 fully saturated rings. The maximum absolute atomic E-state index is 11.9. The average molecular weight is 274 g/mol. The summed E-state index contributed by atoms with van der Waals surface area (Å²) >= 11 is 0. The molecule has 0 unspecified atom stereocenters. The molecule has 1 nitrogen and oxygen atoms in total. The first kappa shape index (κ1) is 16.9. The van der Waals surface area contributed by atoms with Crippen molar-refractivity contribution in [1.29, 1.82) is 0 Å². The number of carbonyl (C=O) groups is 1. The molecule has 1 heteroatoms. The normalized spacial score (nSPS) is 27.9. The molecule has 1 aliphatic rings. The molecule has 20 heavy (non-hydrogen) atoms. The van der Waals surface area contributed by atoms with Gasteiger partial charge in [0.1, 0.15) is 5.78 Å². The molecular weight excluding hydrogens is 244 g/mol. The van der Waals surface area contributed by atoms with E-state index in [1.165, 1.54) is 16.7 Å². The van der Waals surface area contributed by atoms with E-state index in [0.717, 1.165) is 32.1 Å². The first-order chi connectivity index (χ1) is 9.49. The third-order valence-corrected chi connectivity index (χ3v) is 4.09. The molecule has 0 aliphatic heterocycles. The first-order valence-corrected chi connectivity index (χ1v) is 8.01. The van der Waals surface area contributed by atoms with Gasteiger partial charge in [0.05, 0.1) is 0 Å². The molecule has 0 radical (unpaired) electrons. The van der Waals surface area contributed by atoms with Crippen molar-refractivity contribution >= 4 is 5.78 Å². The number of allylic oxidation sites excluding steroid dienone is 6. The Morgan fingerprint density at radius 1 is 0.850 bits per heavy atom. The monoisotopic (exact) mass is 274 g/mol. The highest BCUT2D eigenvalue weighted by molar-refractivity contribution is 5.80. The Hall–Kier alpha value is -1.11. The highest BCUT2D eigenvalue weighted by Gasteiger charge is 2.06. The van der Waals surface area contributed by atoms with Crippen molar-refractivity contribution < 1.29 is 4.79 Å². The van der Waals surface area contributed by atoms with E-state index in [2.05, 4.69) is 45.9 Å². The van der Waals surface area contributed by atoms with Crippen LogP contribution in [0.4, 0.5) is 0 Å². The summed E-state index contributed by atoms with van der Waals surface area (Å²) in [6, 6.07) is 0. The molecule has 0 aromatic heterocycles. The Morgan fingerprint density at radius 3 is 2.10 bits per heavy atom. The van der Waals surface area contributed by atoms with E-state index in [1.807, 2.05) is 0 Å². The Labute approximate surface area is 124 Å². The van der Waals surface area contributed by atoms with Crippen LogP contribution >= 0.6 is 0 Å². The smallest absolute Gasteiger partial charge is 0.136 e. The predicted octanol–water partition coefficient (Wildman–Crippen LogP) is 5.77. The first-order valence-electron chi connectivity index (χ1n) is 8.01. The lowest BCUT2D eigenvalue weighted by Gasteiger charge is -2.12. The van der Waals surface area contributed by atoms with Gasteiger partial charge in [-0.05, 0) is 51.9 Å². The van der Waals surface area contributed by atoms with Gasteiger partial charge in [-0.1, -0.05) is 48.8 Å². The van der Waals surface area contributed by atoms with Crippen molar-refractivity contribution in [2.45, 2.75) is 72.6 Å². The number of rotatable bonds is 1. The topological polar surface area (TPSA) is 17.1 Å². The van der Waals surface area contributed by atoms with Gasteiger partial charge in [0.2, 0.25) is 0 Å². The van der Waals surface area contributed by atoms with E-state index in [0.29, 0.717) is 24.5 Å². The number of hydrogen-bond acceptors (Lipinski definition) is 1. The van der Waals surface area contributed by atoms with Crippen LogP contribution in [0.3, 0.4) is 0 Å². The largest absolute Gasteiger partial charge is 0.299 e. The molecule has 0 heterocycles. The van der Waals surface area contributed by atoms with Crippen LogP contribution in [0.2, 0.25) is 0 Å². The average Bonchev–Trinajstić information content (AvgIpc) is 2.37. The van der Waals surface area contributed by atoms with Crippen LogP contribution in [-0.2, 0) is 4.79 Å². The standard InChI is InChI=1S/C19H30O/c1-15(2)18-12-11-17(4)8-5-7-16(3)9-6-10-19(20)14-13-18/h8-9,13,15H,5-7,10-12,14H2,1-4H3/b16-9+,17-8+,18-13+. The van der Waals surface area contributed by atoms with Crippen molar-refractivity contribution in [1.82, 2.24) is 0 Å². The number of hydrogen-bond donors (Lipinski definition) is 0. The van der Waals surface area contributed by atoms with Gasteiger partial charge < -0.3 is 0 Å². The quantitative estimate of drug-likeness (QED) is 0.554. The fourth-order valence-electron chi connectivity index (χ4n) is 2.54. The summed E-state index contributed by atoms with van der Waals surface area (Å²) in [5.41, 5.74) is 4.33. The zero-order chi connectivity index (χ0) is 15.0. The van der Waals surface area contributed by atoms with Gasteiger partial charge in [-0.15, -0.1) is 0 Å². The van der Waals surface area contributed by atoms with Gasteiger partial charge in [0, 0.05) is 12.8 Å². The summed E-state index contributed by atoms with van der Waals surface area (Å²) < 4.78 is 0. The number of ketones is 1. The maximum Gasteiger partial charge on any atom is 0.136 e. The molecule has 0 aromatic rings. The van der Waals surface area contributed by atoms with Gasteiger partial charge in [-0.3, -0.25) is 4.79 Å². The molecule has 0 spiro atoms. The summed E-state index contributed by atoms with van der Waals surface area (Å²) in [5, 5.41) is 0. The molecule has 1 aliphatic carbocycles. The van der Waals surface area contributed by atoms with Crippen molar-refractivity contribution in [3.05, 3.63) is 34.9 Å². The second-order valence-electron chi connectivity index (χ2n) is 6.35. The van der Waals surface area contributed by atoms with Crippen molar-refractivity contribution in [2.24, 2.45) is 5.92 Å². The summed E-state index contributed by atoms with van der Waals surface area (Å²) in [6.07, 6.45) is 13.5. The molecule has 0 amide bonds. The lowest BCUT2D eigenvalue weighted by atomic mass is 9.93. The minimum absolute atomic E-state index is 0.372. The zero-order valence-corrected chi connectivity index (χ0v) is 13.7. The summed E-state index contributed by atoms with van der Waals surface area (Å²) in [4.78, 5) is 11.9. The van der Waals surface area contributed by atoms with Crippen LogP contribution in [-0.4, -0.2) is 5.78 Å². The van der Waals surface area contributed by atoms with E-state index in [4.69, 9.17) is 0 Å². The van der Waals surface area contributed by atoms with Crippen molar-refractivity contribution in [3.8, 4) is 0 Å². The lowest BCUT2D eigenvalue weighted by Crippen LogP contribution is -2.00. The van der Waals surface area contributed by atoms with Gasteiger partial charge in [-0.25, -0.2) is 0 Å². The fraction of sp³-hybridized carbons (Fsp3) is 0.632. The minimum atomic E-state index is 0.372. The molecule has 0 atom stereocenters. The van der Waals surface area contributed by atoms with Crippen LogP contribution in [0, 0.1) is 5.92 Å². The van der Waals surface area contributed by atoms with Crippen LogP contribution in [0.15, 0.2) is 34.9 Å². The molecule has 0 saturated carbocycles. The molecule has 0 bridgehead atoms. The molecule has 112 valence electrons. The zero-order valence-electron chi connectivity index (χ0n) is 13.7. The fourth-order valence-corrected chi connectivity index (χ4v) is 2.54. The SMILES string of the molecule is C/C1=C\CCC(=O)C/C=C(/C(C)C)CC/C(C)=C/CC1. The van der Waals surface area contributed by atoms with Crippen LogP contribution in [0.1, 0.15) is 72.6 Å². The van der Waals surface area contributed by atoms with Gasteiger partial charge in [0.25, 0.3) is 0 Å². The van der Waals surface area contributed by atoms with Crippen LogP contribution in [0.25, 0.3) is 0 Å². The van der Waals surface area contributed by atoms with Crippen molar-refractivity contribution in [2.75, 3.05) is 0 Å². The van der Waals surface area contributed by atoms with E-state index in [9.17, 15) is 4.79 Å². The van der Waals surface area contributed by atoms with E-state index >= 15 is 0 Å². The third-order valence-electron chi connectivity index (χ3n) is 4.09. The highest BCUT2D eigenvalue weighted by Crippen LogP contribution is 2.21. The lowest BCUT2D eigenvalue weighted by molar-refractivity contribution is -0.118. The second-order valence-corrected chi connectivity index (χ2v) is 6.35. The Bertz CT molecular complexity index is 407. The van der Waals surface area contributed by atoms with Crippen LogP contribution < -0.4 is 0 Å². The van der Waals surface area contributed by atoms with E-state index in [1.54, 1.807) is 0 Å². The second kappa shape index (κ2) is 8.94. The van der Waals surface area contributed by atoms with Gasteiger partial charge >= 0.3 is 0 Å². The summed E-state index contributed by atoms with van der Waals surface area (Å²) in [6.45, 7) is 8.86. The number of Topliss-reactive ketones (excluding diaryl/α,β-unsaturated/α-hetero) is 1. The predicted molar refractivity (Wildman–Crippen MR) is 87.8 cm³/mol. The van der Waals surface area contributed by atoms with Crippen molar-refractivity contribution in [3.63, 3.8) is 0 Å². The van der Waals surface area contributed by atoms with Gasteiger partial charge in [-0.2, -0.15) is 0 Å². The van der Waals surface area contributed by atoms with Gasteiger partial charge in [0.15, 0.2) is 0 Å². The van der Waals surface area contributed by atoms with E-state index in [-0.39, 0.29) is 0 Å².